The maximum atomic E-state index is 11.5. The van der Waals surface area contributed by atoms with Gasteiger partial charge >= 0.3 is 5.97 Å². The number of ether oxygens (including phenoxy) is 1. The van der Waals surface area contributed by atoms with Crippen LogP contribution in [0.4, 0.5) is 0 Å². The molecule has 0 radical (unpaired) electrons. The summed E-state index contributed by atoms with van der Waals surface area (Å²) in [4.78, 5) is 13.8. The van der Waals surface area contributed by atoms with Crippen LogP contribution in [0.3, 0.4) is 0 Å². The highest BCUT2D eigenvalue weighted by atomic mass is 16.5. The Labute approximate surface area is 181 Å². The molecule has 0 heterocycles. The summed E-state index contributed by atoms with van der Waals surface area (Å²) in [6.07, 6.45) is 10.4. The topological polar surface area (TPSA) is 62.1 Å². The first-order valence-electron chi connectivity index (χ1n) is 11.8. The fourth-order valence-electron chi connectivity index (χ4n) is 8.30. The van der Waals surface area contributed by atoms with Crippen LogP contribution in [0.5, 0.6) is 0 Å². The number of hydrogen-bond donors (Lipinski definition) is 1. The first kappa shape index (κ1) is 21.9. The molecule has 0 aliphatic heterocycles. The smallest absolute Gasteiger partial charge is 0.302 e. The van der Waals surface area contributed by atoms with Gasteiger partial charge in [-0.3, -0.25) is 4.79 Å². The molecule has 4 aliphatic carbocycles. The average molecular weight is 417 g/mol. The van der Waals surface area contributed by atoms with Crippen LogP contribution in [0.2, 0.25) is 0 Å². The molecule has 8 atom stereocenters. The van der Waals surface area contributed by atoms with Gasteiger partial charge in [-0.2, -0.15) is 0 Å². The summed E-state index contributed by atoms with van der Waals surface area (Å²) in [6, 6.07) is 0.438. The molecule has 3 saturated carbocycles. The lowest BCUT2D eigenvalue weighted by Crippen LogP contribution is -2.51. The van der Waals surface area contributed by atoms with Crippen LogP contribution < -0.4 is 0 Å². The lowest BCUT2D eigenvalue weighted by atomic mass is 9.47. The molecule has 0 bridgehead atoms. The molecule has 0 spiro atoms. The van der Waals surface area contributed by atoms with Crippen LogP contribution in [-0.2, 0) is 9.53 Å². The lowest BCUT2D eigenvalue weighted by Gasteiger charge is -2.58. The van der Waals surface area contributed by atoms with E-state index >= 15 is 0 Å². The number of oxime groups is 1. The predicted molar refractivity (Wildman–Crippen MR) is 119 cm³/mol. The highest BCUT2D eigenvalue weighted by molar-refractivity contribution is 5.85. The molecule has 4 rings (SSSR count). The van der Waals surface area contributed by atoms with Gasteiger partial charge in [-0.15, -0.1) is 0 Å². The second kappa shape index (κ2) is 7.65. The summed E-state index contributed by atoms with van der Waals surface area (Å²) in [5, 5.41) is 13.3. The Balaban J connectivity index is 1.63. The van der Waals surface area contributed by atoms with E-state index in [4.69, 9.17) is 4.74 Å². The van der Waals surface area contributed by atoms with Gasteiger partial charge in [0.25, 0.3) is 0 Å². The third-order valence-corrected chi connectivity index (χ3v) is 9.69. The Morgan fingerprint density at radius 1 is 1.20 bits per heavy atom. The summed E-state index contributed by atoms with van der Waals surface area (Å²) >= 11 is 0. The van der Waals surface area contributed by atoms with E-state index < -0.39 is 0 Å². The van der Waals surface area contributed by atoms with E-state index in [9.17, 15) is 10.0 Å². The number of esters is 1. The van der Waals surface area contributed by atoms with E-state index in [0.29, 0.717) is 29.7 Å². The van der Waals surface area contributed by atoms with E-state index in [1.54, 1.807) is 0 Å². The van der Waals surface area contributed by atoms with E-state index in [2.05, 4.69) is 44.1 Å². The molecule has 0 amide bonds. The van der Waals surface area contributed by atoms with Crippen molar-refractivity contribution >= 4 is 11.7 Å². The molecular formula is C25H40N2O3. The highest BCUT2D eigenvalue weighted by Crippen LogP contribution is 2.66. The fourth-order valence-corrected chi connectivity index (χ4v) is 8.30. The van der Waals surface area contributed by atoms with Crippen molar-refractivity contribution in [1.29, 1.82) is 0 Å². The molecule has 0 aromatic heterocycles. The zero-order valence-corrected chi connectivity index (χ0v) is 19.6. The SMILES string of the molecule is CC(=O)OC1CC[C@@]2(C)C(=CC[C@H]3[C@@H]4CC(N(C)C)[C@H](/C(C)=N\O)[C@@]4(C)CC[C@@H]32)C1. The Hall–Kier alpha value is -1.36. The molecule has 168 valence electrons. The Kier molecular flexibility index (Phi) is 5.57. The van der Waals surface area contributed by atoms with Gasteiger partial charge in [-0.1, -0.05) is 30.7 Å². The summed E-state index contributed by atoms with van der Waals surface area (Å²) in [5.41, 5.74) is 2.88. The van der Waals surface area contributed by atoms with Crippen molar-refractivity contribution in [3.8, 4) is 0 Å². The summed E-state index contributed by atoms with van der Waals surface area (Å²) < 4.78 is 5.58. The maximum absolute atomic E-state index is 11.5. The van der Waals surface area contributed by atoms with Gasteiger partial charge in [0.05, 0.1) is 5.71 Å². The second-order valence-corrected chi connectivity index (χ2v) is 11.3. The van der Waals surface area contributed by atoms with Crippen LogP contribution in [0.1, 0.15) is 72.6 Å². The van der Waals surface area contributed by atoms with Gasteiger partial charge in [0.2, 0.25) is 0 Å². The Bertz CT molecular complexity index is 759. The maximum Gasteiger partial charge on any atom is 0.302 e. The lowest BCUT2D eigenvalue weighted by molar-refractivity contribution is -0.148. The minimum atomic E-state index is -0.154. The first-order chi connectivity index (χ1) is 14.1. The van der Waals surface area contributed by atoms with Gasteiger partial charge in [-0.05, 0) is 88.1 Å². The number of hydrogen-bond acceptors (Lipinski definition) is 5. The molecule has 5 nitrogen and oxygen atoms in total. The van der Waals surface area contributed by atoms with Gasteiger partial charge in [0.15, 0.2) is 0 Å². The third-order valence-electron chi connectivity index (χ3n) is 9.69. The number of rotatable bonds is 3. The van der Waals surface area contributed by atoms with Crippen molar-refractivity contribution in [1.82, 2.24) is 4.90 Å². The fraction of sp³-hybridized carbons (Fsp3) is 0.840. The molecule has 1 N–H and O–H groups in total. The molecule has 3 fully saturated rings. The number of fused-ring (bicyclic) bond motifs is 5. The van der Waals surface area contributed by atoms with Crippen molar-refractivity contribution < 1.29 is 14.7 Å². The van der Waals surface area contributed by atoms with Crippen molar-refractivity contribution in [3.05, 3.63) is 11.6 Å². The minimum absolute atomic E-state index is 0.0598. The van der Waals surface area contributed by atoms with Crippen LogP contribution in [0.25, 0.3) is 0 Å². The summed E-state index contributed by atoms with van der Waals surface area (Å²) in [7, 11) is 4.36. The number of allylic oxidation sites excluding steroid dienone is 1. The zero-order chi connectivity index (χ0) is 21.8. The molecule has 2 unspecified atom stereocenters. The molecule has 0 aromatic rings. The number of carbonyl (C=O) groups is 1. The molecule has 4 aliphatic rings. The minimum Gasteiger partial charge on any atom is -0.462 e. The monoisotopic (exact) mass is 416 g/mol. The normalized spacial score (nSPS) is 46.0. The summed E-state index contributed by atoms with van der Waals surface area (Å²) in [5.74, 6) is 2.23. The van der Waals surface area contributed by atoms with Gasteiger partial charge in [0.1, 0.15) is 6.10 Å². The van der Waals surface area contributed by atoms with E-state index in [-0.39, 0.29) is 22.9 Å². The van der Waals surface area contributed by atoms with Crippen molar-refractivity contribution in [2.24, 2.45) is 39.7 Å². The van der Waals surface area contributed by atoms with Crippen LogP contribution in [-0.4, -0.2) is 48.0 Å². The quantitative estimate of drug-likeness (QED) is 0.234. The van der Waals surface area contributed by atoms with Gasteiger partial charge in [0, 0.05) is 25.3 Å². The van der Waals surface area contributed by atoms with Crippen LogP contribution in [0, 0.1) is 34.5 Å². The Morgan fingerprint density at radius 3 is 2.57 bits per heavy atom. The highest BCUT2D eigenvalue weighted by Gasteiger charge is 2.62. The van der Waals surface area contributed by atoms with Gasteiger partial charge in [-0.25, -0.2) is 0 Å². The largest absolute Gasteiger partial charge is 0.462 e. The Morgan fingerprint density at radius 2 is 1.93 bits per heavy atom. The second-order valence-electron chi connectivity index (χ2n) is 11.3. The van der Waals surface area contributed by atoms with E-state index in [1.807, 2.05) is 6.92 Å². The predicted octanol–water partition coefficient (Wildman–Crippen LogP) is 4.89. The van der Waals surface area contributed by atoms with Crippen molar-refractivity contribution in [2.75, 3.05) is 14.1 Å². The average Bonchev–Trinajstić information content (AvgIpc) is 3.01. The van der Waals surface area contributed by atoms with Crippen molar-refractivity contribution in [2.45, 2.75) is 84.8 Å². The number of nitrogens with zero attached hydrogens (tertiary/aromatic N) is 2. The molecular weight excluding hydrogens is 376 g/mol. The number of carbonyl (C=O) groups excluding carboxylic acids is 1. The van der Waals surface area contributed by atoms with E-state index in [0.717, 1.165) is 31.4 Å². The van der Waals surface area contributed by atoms with E-state index in [1.165, 1.54) is 31.8 Å². The van der Waals surface area contributed by atoms with Crippen molar-refractivity contribution in [3.63, 3.8) is 0 Å². The molecule has 5 heteroatoms. The van der Waals surface area contributed by atoms with Gasteiger partial charge < -0.3 is 14.8 Å². The van der Waals surface area contributed by atoms with Crippen LogP contribution in [0.15, 0.2) is 16.8 Å². The first-order valence-corrected chi connectivity index (χ1v) is 11.8. The molecule has 0 saturated heterocycles. The van der Waals surface area contributed by atoms with Crippen LogP contribution >= 0.6 is 0 Å². The molecule has 0 aromatic carbocycles. The third kappa shape index (κ3) is 3.23. The molecule has 30 heavy (non-hydrogen) atoms. The zero-order valence-electron chi connectivity index (χ0n) is 19.6. The standard InChI is InChI=1S/C25H40N2O3/c1-15(26-29)23-22(27(5)6)14-21-19-8-7-17-13-18(30-16(2)28)9-11-24(17,3)20(19)10-12-25(21,23)4/h7,18-23,29H,8-14H2,1-6H3/b26-15-/t18?,19-,20+,21+,22?,23+,24+,25+/m1/s1. The summed E-state index contributed by atoms with van der Waals surface area (Å²) in [6.45, 7) is 8.49.